The minimum Gasteiger partial charge on any atom is -0.439 e. The SMILES string of the molecule is CC1(C=C(C#N)C(=O)N2CCCC(n3nc(-c4ccc(Oc5ccccc5)nc4F)c4c(N)ncnc43)C2)COC1. The normalized spacial score (nSPS) is 18.5. The van der Waals surface area contributed by atoms with Gasteiger partial charge in [0.25, 0.3) is 5.91 Å². The number of likely N-dealkylation sites (tertiary alicyclic amines) is 1. The van der Waals surface area contributed by atoms with Crippen LogP contribution in [-0.4, -0.2) is 61.8 Å². The first-order valence-corrected chi connectivity index (χ1v) is 13.2. The number of fused-ring (bicyclic) bond motifs is 1. The van der Waals surface area contributed by atoms with Crippen LogP contribution in [0.25, 0.3) is 22.3 Å². The van der Waals surface area contributed by atoms with E-state index in [0.717, 1.165) is 0 Å². The van der Waals surface area contributed by atoms with E-state index in [0.29, 0.717) is 55.9 Å². The molecular formula is C29H27FN8O3. The minimum atomic E-state index is -0.786. The highest BCUT2D eigenvalue weighted by Gasteiger charge is 2.35. The second-order valence-corrected chi connectivity index (χ2v) is 10.5. The Morgan fingerprint density at radius 2 is 2.05 bits per heavy atom. The smallest absolute Gasteiger partial charge is 0.264 e. The van der Waals surface area contributed by atoms with E-state index in [2.05, 4.69) is 21.0 Å². The number of nitrogens with zero attached hydrogens (tertiary/aromatic N) is 7. The lowest BCUT2D eigenvalue weighted by Gasteiger charge is -2.36. The quantitative estimate of drug-likeness (QED) is 0.212. The fourth-order valence-electron chi connectivity index (χ4n) is 5.21. The Kier molecular flexibility index (Phi) is 6.80. The Hall–Kier alpha value is -4.89. The maximum Gasteiger partial charge on any atom is 0.264 e. The molecule has 5 heterocycles. The zero-order valence-electron chi connectivity index (χ0n) is 22.3. The second-order valence-electron chi connectivity index (χ2n) is 10.5. The number of carbonyl (C=O) groups excluding carboxylic acids is 1. The molecule has 1 unspecified atom stereocenters. The van der Waals surface area contributed by atoms with Gasteiger partial charge in [0.1, 0.15) is 35.2 Å². The van der Waals surface area contributed by atoms with Gasteiger partial charge in [-0.15, -0.1) is 0 Å². The molecule has 208 valence electrons. The van der Waals surface area contributed by atoms with Crippen LogP contribution in [0, 0.1) is 22.7 Å². The minimum absolute atomic E-state index is 0.0931. The number of aromatic nitrogens is 5. The molecule has 2 N–H and O–H groups in total. The predicted octanol–water partition coefficient (Wildman–Crippen LogP) is 4.05. The molecule has 0 spiro atoms. The molecule has 0 aliphatic carbocycles. The number of ether oxygens (including phenoxy) is 2. The molecule has 1 aromatic carbocycles. The number of pyridine rings is 1. The van der Waals surface area contributed by atoms with E-state index in [1.165, 1.54) is 12.4 Å². The standard InChI is InChI=1S/C29H27FN8O3/c1-29(15-40-16-29)12-18(13-31)28(39)37-11-5-6-19(14-37)38-27-23(26(32)33-17-34-27)24(36-38)21-9-10-22(35-25(21)30)41-20-7-3-2-4-8-20/h2-4,7-10,12,17,19H,5-6,11,14-16H2,1H3,(H2,32,33,34). The third-order valence-corrected chi connectivity index (χ3v) is 7.30. The highest BCUT2D eigenvalue weighted by molar-refractivity contribution is 5.99. The lowest BCUT2D eigenvalue weighted by molar-refractivity contribution is -0.128. The van der Waals surface area contributed by atoms with Gasteiger partial charge in [0.05, 0.1) is 30.2 Å². The topological polar surface area (TPSA) is 145 Å². The van der Waals surface area contributed by atoms with Crippen molar-refractivity contribution in [3.8, 4) is 29.0 Å². The number of benzene rings is 1. The highest BCUT2D eigenvalue weighted by atomic mass is 19.1. The van der Waals surface area contributed by atoms with Gasteiger partial charge < -0.3 is 20.1 Å². The lowest BCUT2D eigenvalue weighted by atomic mass is 9.86. The molecule has 2 saturated heterocycles. The summed E-state index contributed by atoms with van der Waals surface area (Å²) in [5.41, 5.74) is 6.80. The molecular weight excluding hydrogens is 527 g/mol. The molecule has 4 aromatic rings. The fourth-order valence-corrected chi connectivity index (χ4v) is 5.21. The van der Waals surface area contributed by atoms with Crippen molar-refractivity contribution < 1.29 is 18.7 Å². The van der Waals surface area contributed by atoms with E-state index in [9.17, 15) is 10.1 Å². The summed E-state index contributed by atoms with van der Waals surface area (Å²) in [5, 5.41) is 14.8. The van der Waals surface area contributed by atoms with Crippen LogP contribution >= 0.6 is 0 Å². The van der Waals surface area contributed by atoms with Gasteiger partial charge in [-0.3, -0.25) is 4.79 Å². The van der Waals surface area contributed by atoms with E-state index in [1.54, 1.807) is 33.9 Å². The molecule has 12 heteroatoms. The first kappa shape index (κ1) is 26.3. The first-order valence-electron chi connectivity index (χ1n) is 13.2. The van der Waals surface area contributed by atoms with Gasteiger partial charge in [-0.05, 0) is 31.0 Å². The summed E-state index contributed by atoms with van der Waals surface area (Å²) in [6.07, 6.45) is 4.42. The van der Waals surface area contributed by atoms with E-state index in [1.807, 2.05) is 25.1 Å². The molecule has 2 aliphatic heterocycles. The zero-order chi connectivity index (χ0) is 28.6. The number of halogens is 1. The lowest BCUT2D eigenvalue weighted by Crippen LogP contribution is -2.43. The van der Waals surface area contributed by atoms with Gasteiger partial charge in [0.2, 0.25) is 11.8 Å². The maximum atomic E-state index is 15.4. The van der Waals surface area contributed by atoms with Crippen LogP contribution in [-0.2, 0) is 9.53 Å². The summed E-state index contributed by atoms with van der Waals surface area (Å²) in [6, 6.07) is 13.8. The van der Waals surface area contributed by atoms with Gasteiger partial charge in [0.15, 0.2) is 5.65 Å². The number of amides is 1. The monoisotopic (exact) mass is 554 g/mol. The number of nitrogen functional groups attached to an aromatic ring is 1. The van der Waals surface area contributed by atoms with Crippen molar-refractivity contribution in [1.82, 2.24) is 29.6 Å². The summed E-state index contributed by atoms with van der Waals surface area (Å²) in [6.45, 7) is 3.71. The van der Waals surface area contributed by atoms with Crippen LogP contribution in [0.3, 0.4) is 0 Å². The van der Waals surface area contributed by atoms with E-state index >= 15 is 4.39 Å². The Labute approximate surface area is 235 Å². The number of para-hydroxylation sites is 1. The molecule has 1 amide bonds. The molecule has 11 nitrogen and oxygen atoms in total. The van der Waals surface area contributed by atoms with Gasteiger partial charge in [-0.1, -0.05) is 31.2 Å². The number of carbonyl (C=O) groups is 1. The summed E-state index contributed by atoms with van der Waals surface area (Å²) >= 11 is 0. The molecule has 0 radical (unpaired) electrons. The number of hydrogen-bond acceptors (Lipinski definition) is 9. The van der Waals surface area contributed by atoms with Crippen molar-refractivity contribution in [1.29, 1.82) is 5.26 Å². The number of nitrogens with two attached hydrogens (primary N) is 1. The van der Waals surface area contributed by atoms with Crippen molar-refractivity contribution in [3.05, 3.63) is 66.4 Å². The third kappa shape index (κ3) is 5.07. The predicted molar refractivity (Wildman–Crippen MR) is 147 cm³/mol. The largest absolute Gasteiger partial charge is 0.439 e. The fraction of sp³-hybridized carbons (Fsp3) is 0.310. The first-order chi connectivity index (χ1) is 19.8. The third-order valence-electron chi connectivity index (χ3n) is 7.30. The van der Waals surface area contributed by atoms with Crippen molar-refractivity contribution in [2.24, 2.45) is 5.41 Å². The highest BCUT2D eigenvalue weighted by Crippen LogP contribution is 2.36. The van der Waals surface area contributed by atoms with Crippen molar-refractivity contribution in [2.75, 3.05) is 32.0 Å². The molecule has 3 aromatic heterocycles. The molecule has 6 rings (SSSR count). The maximum absolute atomic E-state index is 15.4. The summed E-state index contributed by atoms with van der Waals surface area (Å²) in [7, 11) is 0. The zero-order valence-corrected chi connectivity index (χ0v) is 22.3. The van der Waals surface area contributed by atoms with Crippen molar-refractivity contribution in [2.45, 2.75) is 25.8 Å². The number of piperidine rings is 1. The van der Waals surface area contributed by atoms with Crippen LogP contribution in [0.1, 0.15) is 25.8 Å². The van der Waals surface area contributed by atoms with Crippen molar-refractivity contribution in [3.63, 3.8) is 0 Å². The molecule has 0 saturated carbocycles. The molecule has 41 heavy (non-hydrogen) atoms. The molecule has 1 atom stereocenters. The molecule has 0 bridgehead atoms. The van der Waals surface area contributed by atoms with Gasteiger partial charge in [-0.2, -0.15) is 19.7 Å². The van der Waals surface area contributed by atoms with Crippen LogP contribution in [0.2, 0.25) is 0 Å². The van der Waals surface area contributed by atoms with Crippen LogP contribution in [0.4, 0.5) is 10.2 Å². The van der Waals surface area contributed by atoms with Gasteiger partial charge in [-0.25, -0.2) is 14.6 Å². The Balaban J connectivity index is 1.32. The Morgan fingerprint density at radius 1 is 1.24 bits per heavy atom. The number of anilines is 1. The van der Waals surface area contributed by atoms with E-state index in [-0.39, 0.29) is 45.9 Å². The summed E-state index contributed by atoms with van der Waals surface area (Å²) in [5.74, 6) is -0.350. The van der Waals surface area contributed by atoms with Crippen LogP contribution in [0.15, 0.2) is 60.4 Å². The molecule has 2 aliphatic rings. The molecule has 2 fully saturated rings. The average Bonchev–Trinajstić information content (AvgIpc) is 3.36. The van der Waals surface area contributed by atoms with Crippen LogP contribution < -0.4 is 10.5 Å². The Bertz CT molecular complexity index is 1690. The van der Waals surface area contributed by atoms with Gasteiger partial charge in [0, 0.05) is 24.6 Å². The number of hydrogen-bond donors (Lipinski definition) is 1. The summed E-state index contributed by atoms with van der Waals surface area (Å²) in [4.78, 5) is 27.5. The number of nitriles is 1. The van der Waals surface area contributed by atoms with E-state index < -0.39 is 5.95 Å². The summed E-state index contributed by atoms with van der Waals surface area (Å²) < 4.78 is 28.0. The second kappa shape index (κ2) is 10.6. The average molecular weight is 555 g/mol. The van der Waals surface area contributed by atoms with Crippen molar-refractivity contribution >= 4 is 22.8 Å². The van der Waals surface area contributed by atoms with Crippen LogP contribution in [0.5, 0.6) is 11.6 Å². The Morgan fingerprint density at radius 3 is 2.76 bits per heavy atom. The van der Waals surface area contributed by atoms with E-state index in [4.69, 9.17) is 20.3 Å². The number of rotatable bonds is 6. The van der Waals surface area contributed by atoms with Gasteiger partial charge >= 0.3 is 0 Å².